The van der Waals surface area contributed by atoms with Gasteiger partial charge < -0.3 is 11.5 Å². The van der Waals surface area contributed by atoms with Crippen molar-refractivity contribution in [2.45, 2.75) is 6.92 Å². The molecular weight excluding hydrogens is 332 g/mol. The highest BCUT2D eigenvalue weighted by molar-refractivity contribution is 9.10. The van der Waals surface area contributed by atoms with Crippen molar-refractivity contribution in [1.29, 1.82) is 0 Å². The van der Waals surface area contributed by atoms with Gasteiger partial charge in [0.25, 0.3) is 0 Å². The van der Waals surface area contributed by atoms with Crippen LogP contribution in [0.1, 0.15) is 5.56 Å². The molecule has 0 saturated carbocycles. The Hall–Kier alpha value is -2.41. The van der Waals surface area contributed by atoms with E-state index >= 15 is 0 Å². The quantitative estimate of drug-likeness (QED) is 0.696. The minimum atomic E-state index is 0.540. The van der Waals surface area contributed by atoms with Crippen LogP contribution in [0.4, 0.5) is 11.4 Å². The van der Waals surface area contributed by atoms with Gasteiger partial charge in [-0.15, -0.1) is 5.10 Å². The largest absolute Gasteiger partial charge is 0.399 e. The summed E-state index contributed by atoms with van der Waals surface area (Å²) in [5.74, 6) is 0.574. The Morgan fingerprint density at radius 2 is 1.90 bits per heavy atom. The monoisotopic (exact) mass is 344 g/mol. The smallest absolute Gasteiger partial charge is 0.189 e. The summed E-state index contributed by atoms with van der Waals surface area (Å²) in [5, 5.41) is 11.9. The highest BCUT2D eigenvalue weighted by Crippen LogP contribution is 2.28. The number of hydrogen-bond donors (Lipinski definition) is 2. The van der Waals surface area contributed by atoms with Crippen molar-refractivity contribution in [3.63, 3.8) is 0 Å². The van der Waals surface area contributed by atoms with E-state index in [9.17, 15) is 0 Å². The van der Waals surface area contributed by atoms with Crippen molar-refractivity contribution < 1.29 is 0 Å². The Bertz CT molecular complexity index is 791. The molecule has 0 spiro atoms. The average molecular weight is 345 g/mol. The summed E-state index contributed by atoms with van der Waals surface area (Å²) in [6.45, 7) is 2.01. The van der Waals surface area contributed by atoms with Crippen molar-refractivity contribution >= 4 is 27.3 Å². The minimum Gasteiger partial charge on any atom is -0.399 e. The van der Waals surface area contributed by atoms with E-state index in [2.05, 4.69) is 31.5 Å². The first-order valence-corrected chi connectivity index (χ1v) is 7.05. The molecule has 0 aliphatic rings. The lowest BCUT2D eigenvalue weighted by molar-refractivity contribution is 0.790. The van der Waals surface area contributed by atoms with Crippen LogP contribution in [-0.2, 0) is 0 Å². The Kier molecular flexibility index (Phi) is 3.34. The number of aromatic nitrogens is 4. The average Bonchev–Trinajstić information content (AvgIpc) is 2.86. The second kappa shape index (κ2) is 5.17. The van der Waals surface area contributed by atoms with Gasteiger partial charge in [-0.3, -0.25) is 0 Å². The fourth-order valence-corrected chi connectivity index (χ4v) is 2.75. The van der Waals surface area contributed by atoms with Crippen LogP contribution < -0.4 is 11.5 Å². The van der Waals surface area contributed by atoms with Gasteiger partial charge in [0.05, 0.1) is 5.69 Å². The number of aryl methyl sites for hydroxylation is 1. The maximum absolute atomic E-state index is 6.02. The Labute approximate surface area is 129 Å². The van der Waals surface area contributed by atoms with Crippen LogP contribution in [-0.4, -0.2) is 20.2 Å². The van der Waals surface area contributed by atoms with Crippen molar-refractivity contribution in [1.82, 2.24) is 20.2 Å². The molecule has 2 aromatic carbocycles. The molecule has 0 fully saturated rings. The van der Waals surface area contributed by atoms with Crippen LogP contribution in [0.5, 0.6) is 0 Å². The van der Waals surface area contributed by atoms with Crippen LogP contribution in [0.3, 0.4) is 0 Å². The number of nitrogen functional groups attached to an aromatic ring is 2. The molecule has 3 aromatic rings. The van der Waals surface area contributed by atoms with Gasteiger partial charge in [-0.2, -0.15) is 4.68 Å². The van der Waals surface area contributed by atoms with Crippen LogP contribution in [0.15, 0.2) is 40.9 Å². The Morgan fingerprint density at radius 1 is 1.10 bits per heavy atom. The molecule has 106 valence electrons. The van der Waals surface area contributed by atoms with Crippen molar-refractivity contribution in [2.24, 2.45) is 0 Å². The molecule has 0 atom stereocenters. The number of nitrogens with zero attached hydrogens (tertiary/aromatic N) is 4. The summed E-state index contributed by atoms with van der Waals surface area (Å²) in [7, 11) is 0. The van der Waals surface area contributed by atoms with Crippen molar-refractivity contribution in [3.8, 4) is 17.1 Å². The van der Waals surface area contributed by atoms with E-state index in [1.165, 1.54) is 0 Å². The molecule has 1 heterocycles. The summed E-state index contributed by atoms with van der Waals surface area (Å²) >= 11 is 3.48. The van der Waals surface area contributed by atoms with Crippen LogP contribution >= 0.6 is 15.9 Å². The molecule has 21 heavy (non-hydrogen) atoms. The van der Waals surface area contributed by atoms with Gasteiger partial charge >= 0.3 is 0 Å². The minimum absolute atomic E-state index is 0.540. The van der Waals surface area contributed by atoms with Gasteiger partial charge in [-0.1, -0.05) is 15.9 Å². The second-order valence-electron chi connectivity index (χ2n) is 4.75. The predicted molar refractivity (Wildman–Crippen MR) is 85.9 cm³/mol. The lowest BCUT2D eigenvalue weighted by Gasteiger charge is -2.08. The van der Waals surface area contributed by atoms with E-state index in [0.29, 0.717) is 17.2 Å². The Morgan fingerprint density at radius 3 is 2.62 bits per heavy atom. The normalized spacial score (nSPS) is 10.8. The number of hydrogen-bond acceptors (Lipinski definition) is 5. The van der Waals surface area contributed by atoms with Gasteiger partial charge in [0, 0.05) is 21.4 Å². The summed E-state index contributed by atoms with van der Waals surface area (Å²) in [4.78, 5) is 0. The maximum atomic E-state index is 6.02. The van der Waals surface area contributed by atoms with Gasteiger partial charge in [0.1, 0.15) is 0 Å². The molecule has 4 N–H and O–H groups in total. The zero-order valence-corrected chi connectivity index (χ0v) is 12.9. The third kappa shape index (κ3) is 2.59. The van der Waals surface area contributed by atoms with E-state index in [4.69, 9.17) is 11.5 Å². The molecule has 3 rings (SSSR count). The van der Waals surface area contributed by atoms with E-state index in [-0.39, 0.29) is 0 Å². The van der Waals surface area contributed by atoms with Gasteiger partial charge in [-0.05, 0) is 59.3 Å². The molecule has 6 nitrogen and oxygen atoms in total. The molecule has 0 saturated heterocycles. The number of anilines is 2. The molecular formula is C14H13BrN6. The third-order valence-corrected chi connectivity index (χ3v) is 3.52. The number of benzene rings is 2. The molecule has 7 heteroatoms. The highest BCUT2D eigenvalue weighted by atomic mass is 79.9. The summed E-state index contributed by atoms with van der Waals surface area (Å²) < 4.78 is 2.61. The second-order valence-corrected chi connectivity index (χ2v) is 5.66. The zero-order valence-electron chi connectivity index (χ0n) is 11.3. The van der Waals surface area contributed by atoms with E-state index in [0.717, 1.165) is 21.3 Å². The van der Waals surface area contributed by atoms with Gasteiger partial charge in [0.15, 0.2) is 5.82 Å². The molecule has 0 radical (unpaired) electrons. The summed E-state index contributed by atoms with van der Waals surface area (Å²) in [6, 6.07) is 11.2. The highest BCUT2D eigenvalue weighted by Gasteiger charge is 2.14. The fourth-order valence-electron chi connectivity index (χ4n) is 2.15. The van der Waals surface area contributed by atoms with E-state index in [1.807, 2.05) is 31.2 Å². The van der Waals surface area contributed by atoms with Crippen LogP contribution in [0.2, 0.25) is 0 Å². The molecule has 1 aromatic heterocycles. The standard InChI is InChI=1S/C14H13BrN6/c1-8-4-9(15)6-11(5-8)21-14(18-19-20-21)12-3-2-10(16)7-13(12)17/h2-7H,16-17H2,1H3. The third-order valence-electron chi connectivity index (χ3n) is 3.06. The first-order chi connectivity index (χ1) is 10.0. The maximum Gasteiger partial charge on any atom is 0.189 e. The lowest BCUT2D eigenvalue weighted by atomic mass is 10.1. The molecule has 0 unspecified atom stereocenters. The number of nitrogens with two attached hydrogens (primary N) is 2. The summed E-state index contributed by atoms with van der Waals surface area (Å²) in [5.41, 5.74) is 15.6. The Balaban J connectivity index is 2.17. The first-order valence-electron chi connectivity index (χ1n) is 6.26. The zero-order chi connectivity index (χ0) is 15.0. The molecule has 0 aliphatic carbocycles. The molecule has 0 aliphatic heterocycles. The summed E-state index contributed by atoms with van der Waals surface area (Å²) in [6.07, 6.45) is 0. The fraction of sp³-hybridized carbons (Fsp3) is 0.0714. The first kappa shape index (κ1) is 13.6. The number of rotatable bonds is 2. The SMILES string of the molecule is Cc1cc(Br)cc(-n2nnnc2-c2ccc(N)cc2N)c1. The van der Waals surface area contributed by atoms with E-state index in [1.54, 1.807) is 16.8 Å². The van der Waals surface area contributed by atoms with Crippen LogP contribution in [0, 0.1) is 6.92 Å². The molecule has 0 bridgehead atoms. The van der Waals surface area contributed by atoms with Crippen LogP contribution in [0.25, 0.3) is 17.1 Å². The van der Waals surface area contributed by atoms with Crippen molar-refractivity contribution in [2.75, 3.05) is 11.5 Å². The van der Waals surface area contributed by atoms with Crippen molar-refractivity contribution in [3.05, 3.63) is 46.4 Å². The van der Waals surface area contributed by atoms with Gasteiger partial charge in [-0.25, -0.2) is 0 Å². The number of halogens is 1. The predicted octanol–water partition coefficient (Wildman–Crippen LogP) is 2.56. The lowest BCUT2D eigenvalue weighted by Crippen LogP contribution is -2.02. The molecule has 0 amide bonds. The van der Waals surface area contributed by atoms with Gasteiger partial charge in [0.2, 0.25) is 0 Å². The number of tetrazole rings is 1. The topological polar surface area (TPSA) is 95.6 Å². The van der Waals surface area contributed by atoms with E-state index < -0.39 is 0 Å².